The highest BCUT2D eigenvalue weighted by atomic mass is 32.1. The Morgan fingerprint density at radius 1 is 1.28 bits per heavy atom. The predicted octanol–water partition coefficient (Wildman–Crippen LogP) is 2.79. The van der Waals surface area contributed by atoms with Gasteiger partial charge in [-0.3, -0.25) is 9.67 Å². The maximum Gasteiger partial charge on any atom is 0.130 e. The number of anilines is 1. The third-order valence-electron chi connectivity index (χ3n) is 2.79. The van der Waals surface area contributed by atoms with E-state index in [0.29, 0.717) is 5.82 Å². The van der Waals surface area contributed by atoms with Gasteiger partial charge in [0.1, 0.15) is 11.5 Å². The van der Waals surface area contributed by atoms with Crippen molar-refractivity contribution < 1.29 is 0 Å². The van der Waals surface area contributed by atoms with Gasteiger partial charge in [-0.05, 0) is 23.6 Å². The number of rotatable bonds is 2. The van der Waals surface area contributed by atoms with Gasteiger partial charge in [0.05, 0.1) is 5.56 Å². The normalized spacial score (nSPS) is 10.7. The van der Waals surface area contributed by atoms with Crippen molar-refractivity contribution in [2.75, 3.05) is 5.73 Å². The molecule has 0 unspecified atom stereocenters. The fourth-order valence-electron chi connectivity index (χ4n) is 1.91. The van der Waals surface area contributed by atoms with Crippen molar-refractivity contribution in [1.82, 2.24) is 14.8 Å². The highest BCUT2D eigenvalue weighted by Crippen LogP contribution is 2.37. The summed E-state index contributed by atoms with van der Waals surface area (Å²) in [4.78, 5) is 5.26. The van der Waals surface area contributed by atoms with E-state index in [-0.39, 0.29) is 0 Å². The molecule has 0 atom stereocenters. The average Bonchev–Trinajstić information content (AvgIpc) is 3.00. The molecule has 0 fully saturated rings. The van der Waals surface area contributed by atoms with Gasteiger partial charge in [-0.25, -0.2) is 0 Å². The quantitative estimate of drug-likeness (QED) is 0.767. The molecule has 0 aromatic carbocycles. The lowest BCUT2D eigenvalue weighted by Gasteiger charge is -2.00. The Kier molecular flexibility index (Phi) is 2.60. The van der Waals surface area contributed by atoms with Gasteiger partial charge in [-0.1, -0.05) is 6.07 Å². The van der Waals surface area contributed by atoms with Gasteiger partial charge in [-0.2, -0.15) is 5.10 Å². The van der Waals surface area contributed by atoms with Crippen molar-refractivity contribution in [1.29, 1.82) is 0 Å². The van der Waals surface area contributed by atoms with Gasteiger partial charge in [0.25, 0.3) is 0 Å². The standard InChI is InChI=1S/C13H12N4S/c1-17-13(14)11(10-5-3-7-18-10)12(16-17)9-4-2-6-15-8-9/h2-8H,14H2,1H3. The summed E-state index contributed by atoms with van der Waals surface area (Å²) in [6, 6.07) is 7.96. The molecule has 3 rings (SSSR count). The van der Waals surface area contributed by atoms with Gasteiger partial charge in [-0.15, -0.1) is 11.3 Å². The van der Waals surface area contributed by atoms with E-state index in [9.17, 15) is 0 Å². The van der Waals surface area contributed by atoms with Gasteiger partial charge < -0.3 is 5.73 Å². The largest absolute Gasteiger partial charge is 0.383 e. The molecule has 3 aromatic heterocycles. The Morgan fingerprint density at radius 2 is 2.17 bits per heavy atom. The Bertz CT molecular complexity index is 656. The Labute approximate surface area is 109 Å². The van der Waals surface area contributed by atoms with Crippen LogP contribution in [-0.4, -0.2) is 14.8 Å². The van der Waals surface area contributed by atoms with Crippen LogP contribution in [0.2, 0.25) is 0 Å². The third-order valence-corrected chi connectivity index (χ3v) is 3.68. The number of pyridine rings is 1. The van der Waals surface area contributed by atoms with E-state index in [1.54, 1.807) is 28.4 Å². The highest BCUT2D eigenvalue weighted by molar-refractivity contribution is 7.13. The zero-order chi connectivity index (χ0) is 12.5. The number of thiophene rings is 1. The van der Waals surface area contributed by atoms with E-state index >= 15 is 0 Å². The van der Waals surface area contributed by atoms with Crippen molar-refractivity contribution in [3.05, 3.63) is 42.0 Å². The second-order valence-electron chi connectivity index (χ2n) is 3.95. The predicted molar refractivity (Wildman–Crippen MR) is 74.2 cm³/mol. The molecular formula is C13H12N4S. The molecule has 0 aliphatic rings. The van der Waals surface area contributed by atoms with Crippen LogP contribution in [-0.2, 0) is 7.05 Å². The molecule has 4 nitrogen and oxygen atoms in total. The molecule has 5 heteroatoms. The van der Waals surface area contributed by atoms with Gasteiger partial charge in [0, 0.05) is 29.9 Å². The summed E-state index contributed by atoms with van der Waals surface area (Å²) in [5.41, 5.74) is 8.97. The second kappa shape index (κ2) is 4.27. The number of aryl methyl sites for hydroxylation is 1. The van der Waals surface area contributed by atoms with Crippen LogP contribution in [0.5, 0.6) is 0 Å². The lowest BCUT2D eigenvalue weighted by Crippen LogP contribution is -1.97. The summed E-state index contributed by atoms with van der Waals surface area (Å²) in [6.07, 6.45) is 3.56. The number of aromatic nitrogens is 3. The summed E-state index contributed by atoms with van der Waals surface area (Å²) in [6.45, 7) is 0. The monoisotopic (exact) mass is 256 g/mol. The fraction of sp³-hybridized carbons (Fsp3) is 0.0769. The molecule has 0 saturated carbocycles. The maximum atomic E-state index is 6.12. The SMILES string of the molecule is Cn1nc(-c2cccnc2)c(-c2cccs2)c1N. The molecule has 18 heavy (non-hydrogen) atoms. The summed E-state index contributed by atoms with van der Waals surface area (Å²) < 4.78 is 1.71. The van der Waals surface area contributed by atoms with Gasteiger partial charge >= 0.3 is 0 Å². The molecular weight excluding hydrogens is 244 g/mol. The van der Waals surface area contributed by atoms with Crippen molar-refractivity contribution in [2.45, 2.75) is 0 Å². The lowest BCUT2D eigenvalue weighted by atomic mass is 10.1. The Balaban J connectivity index is 2.25. The first-order valence-corrected chi connectivity index (χ1v) is 6.42. The molecule has 0 radical (unpaired) electrons. The highest BCUT2D eigenvalue weighted by Gasteiger charge is 2.17. The van der Waals surface area contributed by atoms with E-state index in [2.05, 4.69) is 16.1 Å². The summed E-state index contributed by atoms with van der Waals surface area (Å²) in [5.74, 6) is 0.677. The molecule has 0 aliphatic heterocycles. The molecule has 2 N–H and O–H groups in total. The van der Waals surface area contributed by atoms with Crippen LogP contribution in [0, 0.1) is 0 Å². The van der Waals surface area contributed by atoms with Crippen molar-refractivity contribution >= 4 is 17.2 Å². The minimum Gasteiger partial charge on any atom is -0.383 e. The van der Waals surface area contributed by atoms with E-state index in [1.165, 1.54) is 0 Å². The smallest absolute Gasteiger partial charge is 0.130 e. The van der Waals surface area contributed by atoms with Crippen LogP contribution in [0.15, 0.2) is 42.0 Å². The molecule has 0 bridgehead atoms. The van der Waals surface area contributed by atoms with Crippen LogP contribution in [0.1, 0.15) is 0 Å². The van der Waals surface area contributed by atoms with Crippen LogP contribution in [0.4, 0.5) is 5.82 Å². The topological polar surface area (TPSA) is 56.7 Å². The average molecular weight is 256 g/mol. The lowest BCUT2D eigenvalue weighted by molar-refractivity contribution is 0.782. The number of nitrogens with zero attached hydrogens (tertiary/aromatic N) is 3. The Morgan fingerprint density at radius 3 is 2.83 bits per heavy atom. The molecule has 3 heterocycles. The number of hydrogen-bond donors (Lipinski definition) is 1. The molecule has 0 amide bonds. The zero-order valence-electron chi connectivity index (χ0n) is 9.87. The summed E-state index contributed by atoms with van der Waals surface area (Å²) in [5, 5.41) is 6.53. The first-order valence-electron chi connectivity index (χ1n) is 5.54. The number of nitrogens with two attached hydrogens (primary N) is 1. The molecule has 3 aromatic rings. The number of hydrogen-bond acceptors (Lipinski definition) is 4. The maximum absolute atomic E-state index is 6.12. The van der Waals surface area contributed by atoms with Crippen molar-refractivity contribution in [2.24, 2.45) is 7.05 Å². The van der Waals surface area contributed by atoms with Crippen LogP contribution >= 0.6 is 11.3 Å². The Hall–Kier alpha value is -2.14. The zero-order valence-corrected chi connectivity index (χ0v) is 10.7. The second-order valence-corrected chi connectivity index (χ2v) is 4.90. The first kappa shape index (κ1) is 11.0. The van der Waals surface area contributed by atoms with Gasteiger partial charge in [0.15, 0.2) is 0 Å². The minimum absolute atomic E-state index is 0.677. The molecule has 0 saturated heterocycles. The first-order chi connectivity index (χ1) is 8.77. The van der Waals surface area contributed by atoms with E-state index in [1.807, 2.05) is 30.6 Å². The molecule has 90 valence electrons. The molecule has 0 spiro atoms. The minimum atomic E-state index is 0.677. The van der Waals surface area contributed by atoms with E-state index in [4.69, 9.17) is 5.73 Å². The third kappa shape index (κ3) is 1.69. The van der Waals surface area contributed by atoms with E-state index in [0.717, 1.165) is 21.7 Å². The van der Waals surface area contributed by atoms with Crippen LogP contribution in [0.3, 0.4) is 0 Å². The number of nitrogen functional groups attached to an aromatic ring is 1. The van der Waals surface area contributed by atoms with Crippen LogP contribution < -0.4 is 5.73 Å². The fourth-order valence-corrected chi connectivity index (χ4v) is 2.69. The summed E-state index contributed by atoms with van der Waals surface area (Å²) in [7, 11) is 1.85. The molecule has 0 aliphatic carbocycles. The van der Waals surface area contributed by atoms with Crippen molar-refractivity contribution in [3.63, 3.8) is 0 Å². The summed E-state index contributed by atoms with van der Waals surface area (Å²) >= 11 is 1.66. The van der Waals surface area contributed by atoms with Crippen molar-refractivity contribution in [3.8, 4) is 21.7 Å². The van der Waals surface area contributed by atoms with E-state index < -0.39 is 0 Å². The van der Waals surface area contributed by atoms with Gasteiger partial charge in [0.2, 0.25) is 0 Å². The van der Waals surface area contributed by atoms with Crippen LogP contribution in [0.25, 0.3) is 21.7 Å².